The summed E-state index contributed by atoms with van der Waals surface area (Å²) in [6.07, 6.45) is 2.26. The van der Waals surface area contributed by atoms with E-state index in [2.05, 4.69) is 66.7 Å². The van der Waals surface area contributed by atoms with E-state index < -0.39 is 0 Å². The highest BCUT2D eigenvalue weighted by molar-refractivity contribution is 6.13. The molecule has 1 nitrogen and oxygen atoms in total. The molecule has 1 aromatic heterocycles. The molecular weight excluding hydrogens is 280 g/mol. The first-order chi connectivity index (χ1) is 11.4. The minimum Gasteiger partial charge on any atom is -0.455 e. The molecule has 0 radical (unpaired) electrons. The lowest BCUT2D eigenvalue weighted by atomic mass is 9.99. The van der Waals surface area contributed by atoms with Gasteiger partial charge in [0.15, 0.2) is 0 Å². The van der Waals surface area contributed by atoms with Crippen molar-refractivity contribution < 1.29 is 4.42 Å². The molecule has 4 aromatic rings. The molecule has 0 spiro atoms. The monoisotopic (exact) mass is 294 g/mol. The Morgan fingerprint density at radius 2 is 1.35 bits per heavy atom. The number of fused-ring (bicyclic) bond motifs is 5. The zero-order valence-electron chi connectivity index (χ0n) is 12.5. The lowest BCUT2D eigenvalue weighted by Gasteiger charge is -2.03. The molecular formula is C22H14O. The van der Waals surface area contributed by atoms with Gasteiger partial charge in [-0.1, -0.05) is 72.8 Å². The predicted octanol–water partition coefficient (Wildman–Crippen LogP) is 6.00. The van der Waals surface area contributed by atoms with Crippen LogP contribution in [-0.2, 0) is 0 Å². The Kier molecular flexibility index (Phi) is 2.56. The standard InChI is InChI=1S/C22H14O/c1-2-8-15(9-3-1)14-19-16-10-4-5-11-17(16)22-21(19)18-12-6-7-13-20(18)23-22/h1-14H/b19-14+. The Labute approximate surface area is 134 Å². The van der Waals surface area contributed by atoms with Crippen LogP contribution in [0.25, 0.3) is 33.9 Å². The van der Waals surface area contributed by atoms with Gasteiger partial charge in [-0.2, -0.15) is 0 Å². The maximum absolute atomic E-state index is 6.16. The van der Waals surface area contributed by atoms with Crippen molar-refractivity contribution in [2.24, 2.45) is 0 Å². The topological polar surface area (TPSA) is 13.1 Å². The second kappa shape index (κ2) is 4.72. The van der Waals surface area contributed by atoms with E-state index in [1.54, 1.807) is 0 Å². The smallest absolute Gasteiger partial charge is 0.143 e. The third-order valence-corrected chi connectivity index (χ3v) is 4.44. The molecule has 0 atom stereocenters. The molecule has 0 bridgehead atoms. The highest BCUT2D eigenvalue weighted by Gasteiger charge is 2.29. The maximum Gasteiger partial charge on any atom is 0.143 e. The van der Waals surface area contributed by atoms with E-state index in [4.69, 9.17) is 4.42 Å². The van der Waals surface area contributed by atoms with Crippen LogP contribution in [0.4, 0.5) is 0 Å². The van der Waals surface area contributed by atoms with Crippen molar-refractivity contribution in [3.8, 4) is 11.3 Å². The molecule has 3 aromatic carbocycles. The number of benzene rings is 3. The number of para-hydroxylation sites is 1. The molecule has 1 heterocycles. The Morgan fingerprint density at radius 1 is 0.652 bits per heavy atom. The average Bonchev–Trinajstić information content (AvgIpc) is 3.12. The number of rotatable bonds is 1. The molecule has 0 saturated heterocycles. The first kappa shape index (κ1) is 12.5. The Bertz CT molecular complexity index is 1050. The first-order valence-electron chi connectivity index (χ1n) is 7.80. The van der Waals surface area contributed by atoms with Crippen molar-refractivity contribution in [2.45, 2.75) is 0 Å². The van der Waals surface area contributed by atoms with Crippen molar-refractivity contribution in [1.82, 2.24) is 0 Å². The molecule has 0 amide bonds. The SMILES string of the molecule is C(=C1/c2ccccc2-c2oc3ccccc3c21)/c1ccccc1. The van der Waals surface area contributed by atoms with Gasteiger partial charge in [-0.3, -0.25) is 0 Å². The highest BCUT2D eigenvalue weighted by Crippen LogP contribution is 2.49. The maximum atomic E-state index is 6.16. The molecule has 0 N–H and O–H groups in total. The van der Waals surface area contributed by atoms with Crippen molar-refractivity contribution in [1.29, 1.82) is 0 Å². The summed E-state index contributed by atoms with van der Waals surface area (Å²) in [6, 6.07) is 27.2. The summed E-state index contributed by atoms with van der Waals surface area (Å²) in [5.41, 5.74) is 7.04. The van der Waals surface area contributed by atoms with Crippen LogP contribution in [0.3, 0.4) is 0 Å². The van der Waals surface area contributed by atoms with Crippen LogP contribution in [0, 0.1) is 0 Å². The zero-order valence-corrected chi connectivity index (χ0v) is 12.5. The summed E-state index contributed by atoms with van der Waals surface area (Å²) in [6.45, 7) is 0. The summed E-state index contributed by atoms with van der Waals surface area (Å²) < 4.78 is 6.16. The summed E-state index contributed by atoms with van der Waals surface area (Å²) in [4.78, 5) is 0. The van der Waals surface area contributed by atoms with Gasteiger partial charge in [0.1, 0.15) is 11.3 Å². The van der Waals surface area contributed by atoms with Gasteiger partial charge in [0.05, 0.1) is 0 Å². The number of hydrogen-bond acceptors (Lipinski definition) is 1. The van der Waals surface area contributed by atoms with E-state index in [9.17, 15) is 0 Å². The second-order valence-electron chi connectivity index (χ2n) is 5.82. The van der Waals surface area contributed by atoms with Crippen molar-refractivity contribution >= 4 is 22.6 Å². The summed E-state index contributed by atoms with van der Waals surface area (Å²) in [5, 5.41) is 1.18. The van der Waals surface area contributed by atoms with Gasteiger partial charge in [-0.25, -0.2) is 0 Å². The molecule has 0 aliphatic heterocycles. The molecule has 108 valence electrons. The van der Waals surface area contributed by atoms with Gasteiger partial charge in [0, 0.05) is 16.5 Å². The highest BCUT2D eigenvalue weighted by atomic mass is 16.3. The third kappa shape index (κ3) is 1.80. The van der Waals surface area contributed by atoms with Crippen LogP contribution in [-0.4, -0.2) is 0 Å². The molecule has 1 aliphatic rings. The van der Waals surface area contributed by atoms with Crippen LogP contribution in [0.1, 0.15) is 16.7 Å². The Morgan fingerprint density at radius 3 is 2.22 bits per heavy atom. The van der Waals surface area contributed by atoms with Gasteiger partial charge in [-0.05, 0) is 28.8 Å². The molecule has 1 aliphatic carbocycles. The predicted molar refractivity (Wildman–Crippen MR) is 95.1 cm³/mol. The molecule has 23 heavy (non-hydrogen) atoms. The Balaban J connectivity index is 1.87. The number of hydrogen-bond donors (Lipinski definition) is 0. The largest absolute Gasteiger partial charge is 0.455 e. The van der Waals surface area contributed by atoms with Gasteiger partial charge in [0.25, 0.3) is 0 Å². The van der Waals surface area contributed by atoms with E-state index >= 15 is 0 Å². The quantitative estimate of drug-likeness (QED) is 0.369. The van der Waals surface area contributed by atoms with Crippen LogP contribution in [0.5, 0.6) is 0 Å². The van der Waals surface area contributed by atoms with Gasteiger partial charge >= 0.3 is 0 Å². The summed E-state index contributed by atoms with van der Waals surface area (Å²) >= 11 is 0. The second-order valence-corrected chi connectivity index (χ2v) is 5.82. The van der Waals surface area contributed by atoms with Gasteiger partial charge in [-0.15, -0.1) is 0 Å². The minimum atomic E-state index is 0.950. The van der Waals surface area contributed by atoms with Gasteiger partial charge in [0.2, 0.25) is 0 Å². The lowest BCUT2D eigenvalue weighted by Crippen LogP contribution is -1.82. The van der Waals surface area contributed by atoms with E-state index in [-0.39, 0.29) is 0 Å². The van der Waals surface area contributed by atoms with Crippen molar-refractivity contribution in [3.63, 3.8) is 0 Å². The third-order valence-electron chi connectivity index (χ3n) is 4.44. The first-order valence-corrected chi connectivity index (χ1v) is 7.80. The zero-order chi connectivity index (χ0) is 15.2. The van der Waals surface area contributed by atoms with E-state index in [1.165, 1.54) is 33.2 Å². The minimum absolute atomic E-state index is 0.950. The van der Waals surface area contributed by atoms with Crippen molar-refractivity contribution in [2.75, 3.05) is 0 Å². The summed E-state index contributed by atoms with van der Waals surface area (Å²) in [5.74, 6) is 0.990. The van der Waals surface area contributed by atoms with Crippen LogP contribution < -0.4 is 0 Å². The number of furan rings is 1. The normalized spacial score (nSPS) is 14.2. The fraction of sp³-hybridized carbons (Fsp3) is 0. The fourth-order valence-electron chi connectivity index (χ4n) is 3.42. The van der Waals surface area contributed by atoms with E-state index in [0.717, 1.165) is 11.3 Å². The van der Waals surface area contributed by atoms with Crippen molar-refractivity contribution in [3.05, 3.63) is 95.6 Å². The fourth-order valence-corrected chi connectivity index (χ4v) is 3.42. The van der Waals surface area contributed by atoms with Gasteiger partial charge < -0.3 is 4.42 Å². The lowest BCUT2D eigenvalue weighted by molar-refractivity contribution is 0.632. The Hall–Kier alpha value is -3.06. The summed E-state index contributed by atoms with van der Waals surface area (Å²) in [7, 11) is 0. The molecule has 0 fully saturated rings. The molecule has 5 rings (SSSR count). The average molecular weight is 294 g/mol. The van der Waals surface area contributed by atoms with Crippen LogP contribution >= 0.6 is 0 Å². The molecule has 0 saturated carbocycles. The van der Waals surface area contributed by atoms with Crippen LogP contribution in [0.2, 0.25) is 0 Å². The van der Waals surface area contributed by atoms with E-state index in [1.807, 2.05) is 18.2 Å². The molecule has 1 heteroatoms. The van der Waals surface area contributed by atoms with Crippen LogP contribution in [0.15, 0.2) is 83.3 Å². The molecule has 0 unspecified atom stereocenters. The van der Waals surface area contributed by atoms with E-state index in [0.29, 0.717) is 0 Å².